The van der Waals surface area contributed by atoms with Crippen molar-refractivity contribution in [3.05, 3.63) is 0 Å². The normalized spacial score (nSPS) is 26.4. The summed E-state index contributed by atoms with van der Waals surface area (Å²) in [5.41, 5.74) is 0.571. The first-order chi connectivity index (χ1) is 6.73. The van der Waals surface area contributed by atoms with Gasteiger partial charge in [0.1, 0.15) is 0 Å². The molecule has 2 atom stereocenters. The molecule has 14 heavy (non-hydrogen) atoms. The molecule has 84 valence electrons. The van der Waals surface area contributed by atoms with Crippen molar-refractivity contribution in [1.82, 2.24) is 5.32 Å². The average molecular weight is 197 g/mol. The number of nitrogens with one attached hydrogen (secondary N) is 1. The molecule has 1 N–H and O–H groups in total. The van der Waals surface area contributed by atoms with E-state index >= 15 is 0 Å². The molecule has 0 aromatic carbocycles. The number of rotatable bonds is 6. The van der Waals surface area contributed by atoms with Gasteiger partial charge in [0.25, 0.3) is 0 Å². The zero-order valence-electron chi connectivity index (χ0n) is 10.2. The Morgan fingerprint density at radius 1 is 1.21 bits per heavy atom. The fraction of sp³-hybridized carbons (Fsp3) is 1.00. The van der Waals surface area contributed by atoms with Gasteiger partial charge in [-0.25, -0.2) is 0 Å². The van der Waals surface area contributed by atoms with Gasteiger partial charge in [-0.2, -0.15) is 0 Å². The zero-order chi connectivity index (χ0) is 10.4. The van der Waals surface area contributed by atoms with E-state index in [0.717, 1.165) is 6.04 Å². The first kappa shape index (κ1) is 12.0. The van der Waals surface area contributed by atoms with E-state index in [-0.39, 0.29) is 0 Å². The summed E-state index contributed by atoms with van der Waals surface area (Å²) in [6.07, 6.45) is 9.66. The van der Waals surface area contributed by atoms with Gasteiger partial charge in [-0.3, -0.25) is 0 Å². The summed E-state index contributed by atoms with van der Waals surface area (Å²) in [5, 5.41) is 3.69. The predicted octanol–water partition coefficient (Wildman–Crippen LogP) is 3.74. The standard InChI is InChI=1S/C13H27N/c1-4-6-10-13(3,9-5-2)12-8-7-11-14-12/h12,14H,4-11H2,1-3H3. The SMILES string of the molecule is CCCCC(C)(CCC)C1CCCN1. The third kappa shape index (κ3) is 2.98. The van der Waals surface area contributed by atoms with Crippen LogP contribution in [0.3, 0.4) is 0 Å². The molecule has 1 saturated heterocycles. The van der Waals surface area contributed by atoms with Crippen LogP contribution in [0.2, 0.25) is 0 Å². The average Bonchev–Trinajstić information content (AvgIpc) is 2.68. The summed E-state index contributed by atoms with van der Waals surface area (Å²) in [6, 6.07) is 0.800. The van der Waals surface area contributed by atoms with E-state index in [2.05, 4.69) is 26.1 Å². The van der Waals surface area contributed by atoms with Crippen LogP contribution in [-0.2, 0) is 0 Å². The first-order valence-corrected chi connectivity index (χ1v) is 6.46. The largest absolute Gasteiger partial charge is 0.313 e. The van der Waals surface area contributed by atoms with E-state index in [9.17, 15) is 0 Å². The van der Waals surface area contributed by atoms with E-state index in [1.54, 1.807) is 0 Å². The van der Waals surface area contributed by atoms with Crippen LogP contribution in [-0.4, -0.2) is 12.6 Å². The second-order valence-electron chi connectivity index (χ2n) is 5.16. The molecule has 0 saturated carbocycles. The topological polar surface area (TPSA) is 12.0 Å². The van der Waals surface area contributed by atoms with Gasteiger partial charge in [-0.1, -0.05) is 40.0 Å². The Morgan fingerprint density at radius 2 is 2.00 bits per heavy atom. The van der Waals surface area contributed by atoms with E-state index in [4.69, 9.17) is 0 Å². The van der Waals surface area contributed by atoms with Crippen molar-refractivity contribution in [2.24, 2.45) is 5.41 Å². The lowest BCUT2D eigenvalue weighted by Crippen LogP contribution is -2.39. The number of unbranched alkanes of at least 4 members (excludes halogenated alkanes) is 1. The predicted molar refractivity (Wildman–Crippen MR) is 63.6 cm³/mol. The van der Waals surface area contributed by atoms with Crippen molar-refractivity contribution in [3.8, 4) is 0 Å². The Kier molecular flexibility index (Phi) is 4.94. The fourth-order valence-corrected chi connectivity index (χ4v) is 2.90. The molecule has 1 nitrogen and oxygen atoms in total. The Morgan fingerprint density at radius 3 is 2.50 bits per heavy atom. The summed E-state index contributed by atoms with van der Waals surface area (Å²) in [5.74, 6) is 0. The Bertz CT molecular complexity index is 149. The highest BCUT2D eigenvalue weighted by Gasteiger charge is 2.34. The fourth-order valence-electron chi connectivity index (χ4n) is 2.90. The first-order valence-electron chi connectivity index (χ1n) is 6.46. The monoisotopic (exact) mass is 197 g/mol. The van der Waals surface area contributed by atoms with E-state index < -0.39 is 0 Å². The van der Waals surface area contributed by atoms with Crippen LogP contribution in [0.4, 0.5) is 0 Å². The molecule has 1 fully saturated rings. The molecule has 0 spiro atoms. The van der Waals surface area contributed by atoms with Gasteiger partial charge in [-0.05, 0) is 37.6 Å². The lowest BCUT2D eigenvalue weighted by atomic mass is 9.74. The lowest BCUT2D eigenvalue weighted by molar-refractivity contribution is 0.188. The Balaban J connectivity index is 2.49. The molecule has 1 aliphatic heterocycles. The van der Waals surface area contributed by atoms with E-state index in [1.165, 1.54) is 51.5 Å². The van der Waals surface area contributed by atoms with Crippen molar-refractivity contribution in [3.63, 3.8) is 0 Å². The third-order valence-corrected chi connectivity index (χ3v) is 3.82. The minimum Gasteiger partial charge on any atom is -0.313 e. The van der Waals surface area contributed by atoms with Crippen molar-refractivity contribution in [1.29, 1.82) is 0 Å². The molecule has 0 bridgehead atoms. The maximum Gasteiger partial charge on any atom is 0.0121 e. The highest BCUT2D eigenvalue weighted by molar-refractivity contribution is 4.90. The van der Waals surface area contributed by atoms with Gasteiger partial charge in [0.2, 0.25) is 0 Å². The molecule has 0 aliphatic carbocycles. The zero-order valence-corrected chi connectivity index (χ0v) is 10.2. The van der Waals surface area contributed by atoms with Crippen LogP contribution in [0.25, 0.3) is 0 Å². The molecule has 0 aromatic rings. The summed E-state index contributed by atoms with van der Waals surface area (Å²) >= 11 is 0. The smallest absolute Gasteiger partial charge is 0.0121 e. The second kappa shape index (κ2) is 5.75. The maximum atomic E-state index is 3.69. The molecular formula is C13H27N. The van der Waals surface area contributed by atoms with Gasteiger partial charge < -0.3 is 5.32 Å². The van der Waals surface area contributed by atoms with Crippen LogP contribution in [0, 0.1) is 5.41 Å². The molecule has 0 amide bonds. The van der Waals surface area contributed by atoms with Gasteiger partial charge >= 0.3 is 0 Å². The molecule has 2 unspecified atom stereocenters. The van der Waals surface area contributed by atoms with Gasteiger partial charge in [-0.15, -0.1) is 0 Å². The minimum atomic E-state index is 0.571. The van der Waals surface area contributed by atoms with Crippen molar-refractivity contribution < 1.29 is 0 Å². The van der Waals surface area contributed by atoms with Crippen LogP contribution in [0.5, 0.6) is 0 Å². The molecule has 1 rings (SSSR count). The Labute approximate surface area is 89.7 Å². The number of hydrogen-bond acceptors (Lipinski definition) is 1. The van der Waals surface area contributed by atoms with Gasteiger partial charge in [0.15, 0.2) is 0 Å². The van der Waals surface area contributed by atoms with Crippen molar-refractivity contribution in [2.45, 2.75) is 71.8 Å². The molecule has 0 aromatic heterocycles. The highest BCUT2D eigenvalue weighted by Crippen LogP contribution is 2.37. The summed E-state index contributed by atoms with van der Waals surface area (Å²) in [4.78, 5) is 0. The third-order valence-electron chi connectivity index (χ3n) is 3.82. The second-order valence-corrected chi connectivity index (χ2v) is 5.16. The van der Waals surface area contributed by atoms with Crippen LogP contribution >= 0.6 is 0 Å². The number of hydrogen-bond donors (Lipinski definition) is 1. The van der Waals surface area contributed by atoms with E-state index in [0.29, 0.717) is 5.41 Å². The maximum absolute atomic E-state index is 3.69. The van der Waals surface area contributed by atoms with Gasteiger partial charge in [0, 0.05) is 6.04 Å². The minimum absolute atomic E-state index is 0.571. The van der Waals surface area contributed by atoms with Crippen molar-refractivity contribution >= 4 is 0 Å². The molecule has 1 heterocycles. The lowest BCUT2D eigenvalue weighted by Gasteiger charge is -2.36. The molecule has 1 heteroatoms. The molecule has 1 aliphatic rings. The Hall–Kier alpha value is -0.0400. The van der Waals surface area contributed by atoms with E-state index in [1.807, 2.05) is 0 Å². The summed E-state index contributed by atoms with van der Waals surface area (Å²) in [6.45, 7) is 8.36. The molecule has 0 radical (unpaired) electrons. The summed E-state index contributed by atoms with van der Waals surface area (Å²) in [7, 11) is 0. The quantitative estimate of drug-likeness (QED) is 0.684. The van der Waals surface area contributed by atoms with Crippen LogP contribution < -0.4 is 5.32 Å². The highest BCUT2D eigenvalue weighted by atomic mass is 15.0. The summed E-state index contributed by atoms with van der Waals surface area (Å²) < 4.78 is 0. The van der Waals surface area contributed by atoms with Crippen LogP contribution in [0.1, 0.15) is 65.7 Å². The van der Waals surface area contributed by atoms with Crippen LogP contribution in [0.15, 0.2) is 0 Å². The molecular weight excluding hydrogens is 170 g/mol. The van der Waals surface area contributed by atoms with Gasteiger partial charge in [0.05, 0.1) is 0 Å². The van der Waals surface area contributed by atoms with Crippen molar-refractivity contribution in [2.75, 3.05) is 6.54 Å².